The molecule has 28 heavy (non-hydrogen) atoms. The van der Waals surface area contributed by atoms with E-state index >= 15 is 0 Å². The molecule has 1 atom stereocenters. The highest BCUT2D eigenvalue weighted by atomic mass is 15.6. The summed E-state index contributed by atoms with van der Waals surface area (Å²) in [6.07, 6.45) is 1.85. The first-order chi connectivity index (χ1) is 13.7. The Bertz CT molecular complexity index is 869. The zero-order valence-electron chi connectivity index (χ0n) is 16.4. The normalized spacial score (nSPS) is 16.1. The lowest BCUT2D eigenvalue weighted by atomic mass is 10.2. The van der Waals surface area contributed by atoms with Gasteiger partial charge in [0.15, 0.2) is 0 Å². The number of hydrogen-bond acceptors (Lipinski definition) is 7. The molecule has 0 bridgehead atoms. The van der Waals surface area contributed by atoms with E-state index in [0.29, 0.717) is 5.95 Å². The molecule has 0 amide bonds. The Labute approximate surface area is 165 Å². The number of piperazine rings is 1. The van der Waals surface area contributed by atoms with E-state index in [9.17, 15) is 0 Å². The first-order valence-electron chi connectivity index (χ1n) is 9.69. The van der Waals surface area contributed by atoms with E-state index in [2.05, 4.69) is 67.7 Å². The summed E-state index contributed by atoms with van der Waals surface area (Å²) in [5.41, 5.74) is 2.17. The van der Waals surface area contributed by atoms with E-state index < -0.39 is 0 Å². The van der Waals surface area contributed by atoms with E-state index in [-0.39, 0.29) is 6.04 Å². The zero-order valence-corrected chi connectivity index (χ0v) is 16.4. The number of aromatic nitrogens is 5. The molecule has 1 aliphatic rings. The van der Waals surface area contributed by atoms with Crippen molar-refractivity contribution < 1.29 is 0 Å². The molecule has 0 saturated carbocycles. The second kappa shape index (κ2) is 8.35. The van der Waals surface area contributed by atoms with E-state index in [1.807, 2.05) is 30.5 Å². The van der Waals surface area contributed by atoms with Gasteiger partial charge in [0.25, 0.3) is 0 Å². The quantitative estimate of drug-likeness (QED) is 0.703. The van der Waals surface area contributed by atoms with Crippen LogP contribution in [0.3, 0.4) is 0 Å². The fraction of sp³-hybridized carbons (Fsp3) is 0.400. The summed E-state index contributed by atoms with van der Waals surface area (Å²) in [6.45, 7) is 9.20. The summed E-state index contributed by atoms with van der Waals surface area (Å²) in [7, 11) is 0. The molecule has 1 fully saturated rings. The van der Waals surface area contributed by atoms with Crippen molar-refractivity contribution in [2.24, 2.45) is 0 Å². The first-order valence-corrected chi connectivity index (χ1v) is 9.69. The van der Waals surface area contributed by atoms with Gasteiger partial charge in [-0.1, -0.05) is 28.9 Å². The van der Waals surface area contributed by atoms with Gasteiger partial charge in [-0.3, -0.25) is 4.90 Å². The third kappa shape index (κ3) is 4.28. The van der Waals surface area contributed by atoms with E-state index in [1.165, 1.54) is 5.56 Å². The molecule has 0 spiro atoms. The number of pyridine rings is 1. The van der Waals surface area contributed by atoms with Crippen molar-refractivity contribution in [1.82, 2.24) is 30.1 Å². The molecular weight excluding hydrogens is 352 g/mol. The molecule has 8 heteroatoms. The van der Waals surface area contributed by atoms with Crippen LogP contribution in [-0.4, -0.2) is 68.9 Å². The van der Waals surface area contributed by atoms with Crippen LogP contribution in [0, 0.1) is 6.92 Å². The molecule has 8 nitrogen and oxygen atoms in total. The summed E-state index contributed by atoms with van der Waals surface area (Å²) >= 11 is 0. The highest BCUT2D eigenvalue weighted by molar-refractivity contribution is 5.40. The van der Waals surface area contributed by atoms with Gasteiger partial charge >= 0.3 is 0 Å². The van der Waals surface area contributed by atoms with Gasteiger partial charge in [0, 0.05) is 45.0 Å². The Morgan fingerprint density at radius 3 is 2.54 bits per heavy atom. The highest BCUT2D eigenvalue weighted by Gasteiger charge is 2.20. The Morgan fingerprint density at radius 1 is 1.04 bits per heavy atom. The molecule has 1 aliphatic heterocycles. The second-order valence-electron chi connectivity index (χ2n) is 7.27. The Hall–Kier alpha value is -3.00. The van der Waals surface area contributed by atoms with Crippen molar-refractivity contribution in [2.75, 3.05) is 42.9 Å². The van der Waals surface area contributed by atoms with Crippen LogP contribution in [0.2, 0.25) is 0 Å². The van der Waals surface area contributed by atoms with E-state index in [0.717, 1.165) is 44.2 Å². The molecule has 4 rings (SSSR count). The van der Waals surface area contributed by atoms with Gasteiger partial charge in [0.1, 0.15) is 5.82 Å². The van der Waals surface area contributed by atoms with E-state index in [4.69, 9.17) is 0 Å². The van der Waals surface area contributed by atoms with Crippen molar-refractivity contribution >= 4 is 11.8 Å². The van der Waals surface area contributed by atoms with Crippen molar-refractivity contribution in [3.63, 3.8) is 0 Å². The number of tetrazole rings is 1. The maximum absolute atomic E-state index is 4.45. The lowest BCUT2D eigenvalue weighted by Crippen LogP contribution is -2.49. The van der Waals surface area contributed by atoms with Crippen LogP contribution in [0.5, 0.6) is 0 Å². The smallest absolute Gasteiger partial charge is 0.248 e. The topological polar surface area (TPSA) is 75.0 Å². The maximum Gasteiger partial charge on any atom is 0.248 e. The highest BCUT2D eigenvalue weighted by Crippen LogP contribution is 2.15. The van der Waals surface area contributed by atoms with Crippen LogP contribution in [0.15, 0.2) is 48.7 Å². The van der Waals surface area contributed by atoms with Gasteiger partial charge in [-0.2, -0.15) is 4.68 Å². The van der Waals surface area contributed by atoms with Gasteiger partial charge < -0.3 is 10.2 Å². The van der Waals surface area contributed by atoms with Crippen LogP contribution in [0.25, 0.3) is 5.69 Å². The number of benzene rings is 1. The average Bonchev–Trinajstić information content (AvgIpc) is 3.18. The minimum atomic E-state index is 0.233. The lowest BCUT2D eigenvalue weighted by Gasteiger charge is -2.36. The second-order valence-corrected chi connectivity index (χ2v) is 7.27. The van der Waals surface area contributed by atoms with Crippen LogP contribution in [-0.2, 0) is 0 Å². The van der Waals surface area contributed by atoms with Crippen molar-refractivity contribution in [2.45, 2.75) is 19.9 Å². The van der Waals surface area contributed by atoms with Crippen LogP contribution in [0.1, 0.15) is 12.5 Å². The predicted octanol–water partition coefficient (Wildman–Crippen LogP) is 1.99. The van der Waals surface area contributed by atoms with Crippen LogP contribution < -0.4 is 10.2 Å². The fourth-order valence-corrected chi connectivity index (χ4v) is 3.49. The summed E-state index contributed by atoms with van der Waals surface area (Å²) in [6, 6.07) is 14.5. The van der Waals surface area contributed by atoms with Gasteiger partial charge in [0.05, 0.1) is 5.69 Å². The molecule has 1 aromatic carbocycles. The van der Waals surface area contributed by atoms with Gasteiger partial charge in [-0.05, 0) is 48.5 Å². The number of nitrogens with one attached hydrogen (secondary N) is 1. The molecular formula is C20H26N8. The summed E-state index contributed by atoms with van der Waals surface area (Å²) in [5.74, 6) is 1.73. The predicted molar refractivity (Wildman–Crippen MR) is 110 cm³/mol. The summed E-state index contributed by atoms with van der Waals surface area (Å²) < 4.78 is 1.74. The van der Waals surface area contributed by atoms with E-state index in [1.54, 1.807) is 4.68 Å². The number of nitrogens with zero attached hydrogens (tertiary/aromatic N) is 7. The SMILES string of the molecule is Cc1ccc(-n2nnnc2NC(C)CN2CCN(c3ccccn3)CC2)cc1. The Balaban J connectivity index is 1.32. The monoisotopic (exact) mass is 378 g/mol. The molecule has 0 aliphatic carbocycles. The Kier molecular flexibility index (Phi) is 5.48. The fourth-order valence-electron chi connectivity index (χ4n) is 3.49. The van der Waals surface area contributed by atoms with Gasteiger partial charge in [0.2, 0.25) is 5.95 Å². The molecule has 3 heterocycles. The number of rotatable bonds is 6. The maximum atomic E-state index is 4.45. The average molecular weight is 378 g/mol. The molecule has 3 aromatic rings. The minimum absolute atomic E-state index is 0.233. The number of anilines is 2. The first kappa shape index (κ1) is 18.4. The third-order valence-electron chi connectivity index (χ3n) is 5.00. The largest absolute Gasteiger partial charge is 0.354 e. The van der Waals surface area contributed by atoms with Crippen molar-refractivity contribution in [3.05, 3.63) is 54.2 Å². The summed E-state index contributed by atoms with van der Waals surface area (Å²) in [5, 5.41) is 15.6. The lowest BCUT2D eigenvalue weighted by molar-refractivity contribution is 0.250. The van der Waals surface area contributed by atoms with Gasteiger partial charge in [-0.25, -0.2) is 4.98 Å². The molecule has 1 saturated heterocycles. The molecule has 0 radical (unpaired) electrons. The molecule has 2 aromatic heterocycles. The standard InChI is InChI=1S/C20H26N8/c1-16-6-8-18(9-7-16)28-20(23-24-25-28)22-17(2)15-26-11-13-27(14-12-26)19-5-3-4-10-21-19/h3-10,17H,11-15H2,1-2H3,(H,22,23,25). The minimum Gasteiger partial charge on any atom is -0.354 e. The van der Waals surface area contributed by atoms with Crippen LogP contribution in [0.4, 0.5) is 11.8 Å². The summed E-state index contributed by atoms with van der Waals surface area (Å²) in [4.78, 5) is 9.26. The molecule has 146 valence electrons. The third-order valence-corrected chi connectivity index (χ3v) is 5.00. The molecule has 1 unspecified atom stereocenters. The van der Waals surface area contributed by atoms with Crippen molar-refractivity contribution in [3.8, 4) is 5.69 Å². The number of hydrogen-bond donors (Lipinski definition) is 1. The molecule has 1 N–H and O–H groups in total. The zero-order chi connectivity index (χ0) is 19.3. The number of aryl methyl sites for hydroxylation is 1. The Morgan fingerprint density at radius 2 is 1.82 bits per heavy atom. The van der Waals surface area contributed by atoms with Gasteiger partial charge in [-0.15, -0.1) is 0 Å². The van der Waals surface area contributed by atoms with Crippen molar-refractivity contribution in [1.29, 1.82) is 0 Å². The van der Waals surface area contributed by atoms with Crippen LogP contribution >= 0.6 is 0 Å².